The maximum absolute atomic E-state index is 12.5. The first-order valence-corrected chi connectivity index (χ1v) is 11.4. The number of sulfone groups is 1. The quantitative estimate of drug-likeness (QED) is 0.663. The number of thioether (sulfide) groups is 1. The number of piperidine rings is 1. The van der Waals surface area contributed by atoms with Crippen molar-refractivity contribution in [3.63, 3.8) is 0 Å². The van der Waals surface area contributed by atoms with Crippen molar-refractivity contribution in [3.05, 3.63) is 24.3 Å². The fourth-order valence-electron chi connectivity index (χ4n) is 2.91. The largest absolute Gasteiger partial charge is 0.351 e. The number of halogens is 1. The molecule has 26 heavy (non-hydrogen) atoms. The molecule has 2 rings (SSSR count). The Morgan fingerprint density at radius 1 is 1.38 bits per heavy atom. The Morgan fingerprint density at radius 2 is 2.08 bits per heavy atom. The van der Waals surface area contributed by atoms with Crippen molar-refractivity contribution in [2.24, 2.45) is 5.92 Å². The Hall–Kier alpha value is -0.760. The Morgan fingerprint density at radius 3 is 2.73 bits per heavy atom. The molecule has 148 valence electrons. The molecule has 1 saturated heterocycles. The van der Waals surface area contributed by atoms with Crippen LogP contribution in [0, 0.1) is 5.92 Å². The zero-order valence-corrected chi connectivity index (χ0v) is 18.0. The monoisotopic (exact) mass is 420 g/mol. The first-order valence-electron chi connectivity index (χ1n) is 8.84. The molecule has 1 aromatic carbocycles. The summed E-state index contributed by atoms with van der Waals surface area (Å²) in [7, 11) is -3.31. The minimum absolute atomic E-state index is 0. The Bertz CT molecular complexity index is 697. The molecule has 1 aliphatic rings. The van der Waals surface area contributed by atoms with Crippen molar-refractivity contribution in [1.29, 1.82) is 0 Å². The third kappa shape index (κ3) is 6.15. The van der Waals surface area contributed by atoms with Crippen LogP contribution in [0.15, 0.2) is 34.1 Å². The summed E-state index contributed by atoms with van der Waals surface area (Å²) in [6, 6.07) is 7.08. The summed E-state index contributed by atoms with van der Waals surface area (Å²) < 4.78 is 24.9. The fourth-order valence-corrected chi connectivity index (χ4v) is 5.75. The van der Waals surface area contributed by atoms with E-state index in [9.17, 15) is 13.2 Å². The molecule has 0 spiro atoms. The number of nitrogens with one attached hydrogen (secondary N) is 2. The molecule has 5 nitrogen and oxygen atoms in total. The second-order valence-corrected chi connectivity index (χ2v) is 10.1. The average molecular weight is 421 g/mol. The maximum atomic E-state index is 12.5. The lowest BCUT2D eigenvalue weighted by Crippen LogP contribution is -2.51. The first kappa shape index (κ1) is 23.3. The summed E-state index contributed by atoms with van der Waals surface area (Å²) in [6.07, 6.45) is 1.62. The third-order valence-electron chi connectivity index (χ3n) is 4.49. The van der Waals surface area contributed by atoms with Crippen molar-refractivity contribution in [1.82, 2.24) is 10.6 Å². The molecule has 0 aromatic heterocycles. The SMILES string of the molecule is CCCS(=O)(=O)c1ccccc1SC(C)C(=O)NC1CNCCC1C.Cl. The number of hydrogen-bond acceptors (Lipinski definition) is 5. The highest BCUT2D eigenvalue weighted by Crippen LogP contribution is 2.31. The molecular weight excluding hydrogens is 392 g/mol. The lowest BCUT2D eigenvalue weighted by atomic mass is 9.95. The Balaban J connectivity index is 0.00000338. The number of rotatable bonds is 7. The van der Waals surface area contributed by atoms with Gasteiger partial charge in [-0.15, -0.1) is 24.2 Å². The predicted octanol–water partition coefficient (Wildman–Crippen LogP) is 2.89. The lowest BCUT2D eigenvalue weighted by Gasteiger charge is -2.31. The van der Waals surface area contributed by atoms with E-state index in [4.69, 9.17) is 0 Å². The van der Waals surface area contributed by atoms with Gasteiger partial charge in [0, 0.05) is 17.5 Å². The smallest absolute Gasteiger partial charge is 0.233 e. The molecule has 3 atom stereocenters. The van der Waals surface area contributed by atoms with Crippen LogP contribution in [0.1, 0.15) is 33.6 Å². The van der Waals surface area contributed by atoms with Crippen LogP contribution in [0.3, 0.4) is 0 Å². The standard InChI is InChI=1S/C18H28N2O3S2.ClH/c1-4-11-25(22,23)17-8-6-5-7-16(17)24-14(3)18(21)20-15-12-19-10-9-13(15)2;/h5-8,13-15,19H,4,9-12H2,1-3H3,(H,20,21);1H. The van der Waals surface area contributed by atoms with Crippen molar-refractivity contribution in [2.45, 2.75) is 54.7 Å². The van der Waals surface area contributed by atoms with Crippen molar-refractivity contribution in [3.8, 4) is 0 Å². The van der Waals surface area contributed by atoms with Crippen LogP contribution in [0.4, 0.5) is 0 Å². The third-order valence-corrected chi connectivity index (χ3v) is 7.76. The summed E-state index contributed by atoms with van der Waals surface area (Å²) in [6.45, 7) is 7.59. The van der Waals surface area contributed by atoms with Crippen LogP contribution in [0.25, 0.3) is 0 Å². The molecule has 1 heterocycles. The highest BCUT2D eigenvalue weighted by atomic mass is 35.5. The lowest BCUT2D eigenvalue weighted by molar-refractivity contribution is -0.121. The molecule has 1 fully saturated rings. The molecule has 0 aliphatic carbocycles. The van der Waals surface area contributed by atoms with Gasteiger partial charge in [-0.05, 0) is 44.4 Å². The summed E-state index contributed by atoms with van der Waals surface area (Å²) >= 11 is 1.31. The van der Waals surface area contributed by atoms with Gasteiger partial charge in [0.1, 0.15) is 0 Å². The topological polar surface area (TPSA) is 75.3 Å². The van der Waals surface area contributed by atoms with Crippen LogP contribution < -0.4 is 10.6 Å². The zero-order chi connectivity index (χ0) is 18.4. The molecule has 3 unspecified atom stereocenters. The van der Waals surface area contributed by atoms with Gasteiger partial charge in [-0.1, -0.05) is 26.0 Å². The summed E-state index contributed by atoms with van der Waals surface area (Å²) in [5, 5.41) is 6.05. The Kier molecular flexibility index (Phi) is 9.44. The zero-order valence-electron chi connectivity index (χ0n) is 15.5. The van der Waals surface area contributed by atoms with E-state index in [1.165, 1.54) is 11.8 Å². The van der Waals surface area contributed by atoms with Gasteiger partial charge in [0.2, 0.25) is 5.91 Å². The second kappa shape index (κ2) is 10.5. The molecule has 0 radical (unpaired) electrons. The van der Waals surface area contributed by atoms with E-state index in [2.05, 4.69) is 17.6 Å². The van der Waals surface area contributed by atoms with Gasteiger partial charge in [0.25, 0.3) is 0 Å². The van der Waals surface area contributed by atoms with Crippen LogP contribution in [-0.2, 0) is 14.6 Å². The van der Waals surface area contributed by atoms with Crippen LogP contribution >= 0.6 is 24.2 Å². The molecule has 1 aromatic rings. The molecule has 0 bridgehead atoms. The van der Waals surface area contributed by atoms with Crippen LogP contribution in [0.2, 0.25) is 0 Å². The van der Waals surface area contributed by atoms with Crippen molar-refractivity contribution >= 4 is 39.9 Å². The average Bonchev–Trinajstić information content (AvgIpc) is 2.57. The molecular formula is C18H29ClN2O3S2. The first-order chi connectivity index (χ1) is 11.8. The summed E-state index contributed by atoms with van der Waals surface area (Å²) in [4.78, 5) is 13.5. The highest BCUT2D eigenvalue weighted by molar-refractivity contribution is 8.01. The minimum Gasteiger partial charge on any atom is -0.351 e. The summed E-state index contributed by atoms with van der Waals surface area (Å²) in [5.41, 5.74) is 0. The number of carbonyl (C=O) groups excluding carboxylic acids is 1. The normalized spacial score (nSPS) is 21.5. The second-order valence-electron chi connectivity index (χ2n) is 6.61. The van der Waals surface area contributed by atoms with Gasteiger partial charge in [-0.2, -0.15) is 0 Å². The summed E-state index contributed by atoms with van der Waals surface area (Å²) in [5.74, 6) is 0.518. The highest BCUT2D eigenvalue weighted by Gasteiger charge is 2.26. The van der Waals surface area contributed by atoms with Gasteiger partial charge in [-0.25, -0.2) is 8.42 Å². The van der Waals surface area contributed by atoms with E-state index in [1.54, 1.807) is 18.2 Å². The number of hydrogen-bond donors (Lipinski definition) is 2. The van der Waals surface area contributed by atoms with E-state index >= 15 is 0 Å². The number of amides is 1. The maximum Gasteiger partial charge on any atom is 0.233 e. The van der Waals surface area contributed by atoms with Gasteiger partial charge in [0.05, 0.1) is 15.9 Å². The van der Waals surface area contributed by atoms with E-state index in [-0.39, 0.29) is 35.4 Å². The van der Waals surface area contributed by atoms with Crippen LogP contribution in [0.5, 0.6) is 0 Å². The van der Waals surface area contributed by atoms with Gasteiger partial charge < -0.3 is 10.6 Å². The predicted molar refractivity (Wildman–Crippen MR) is 110 cm³/mol. The minimum atomic E-state index is -3.31. The van der Waals surface area contributed by atoms with Crippen molar-refractivity contribution in [2.75, 3.05) is 18.8 Å². The van der Waals surface area contributed by atoms with Gasteiger partial charge in [-0.3, -0.25) is 4.79 Å². The fraction of sp³-hybridized carbons (Fsp3) is 0.611. The number of carbonyl (C=O) groups is 1. The van der Waals surface area contributed by atoms with Crippen LogP contribution in [-0.4, -0.2) is 44.5 Å². The van der Waals surface area contributed by atoms with Gasteiger partial charge >= 0.3 is 0 Å². The molecule has 1 amide bonds. The number of benzene rings is 1. The Labute approximate surface area is 167 Å². The van der Waals surface area contributed by atoms with Crippen molar-refractivity contribution < 1.29 is 13.2 Å². The molecule has 0 saturated carbocycles. The van der Waals surface area contributed by atoms with E-state index < -0.39 is 9.84 Å². The van der Waals surface area contributed by atoms with E-state index in [0.717, 1.165) is 19.5 Å². The molecule has 2 N–H and O–H groups in total. The van der Waals surface area contributed by atoms with E-state index in [0.29, 0.717) is 22.1 Å². The molecule has 8 heteroatoms. The van der Waals surface area contributed by atoms with Gasteiger partial charge in [0.15, 0.2) is 9.84 Å². The van der Waals surface area contributed by atoms with E-state index in [1.807, 2.05) is 19.9 Å². The molecule has 1 aliphatic heterocycles.